The van der Waals surface area contributed by atoms with Crippen LogP contribution in [-0.2, 0) is 23.9 Å². The van der Waals surface area contributed by atoms with Gasteiger partial charge in [0.05, 0.1) is 18.3 Å². The van der Waals surface area contributed by atoms with Crippen molar-refractivity contribution in [1.82, 2.24) is 0 Å². The van der Waals surface area contributed by atoms with Crippen LogP contribution in [0.5, 0.6) is 0 Å². The predicted molar refractivity (Wildman–Crippen MR) is 154 cm³/mol. The second kappa shape index (κ2) is 9.41. The van der Waals surface area contributed by atoms with Gasteiger partial charge in [-0.2, -0.15) is 0 Å². The summed E-state index contributed by atoms with van der Waals surface area (Å²) in [6.07, 6.45) is 8.80. The van der Waals surface area contributed by atoms with E-state index in [1.807, 2.05) is 13.0 Å². The van der Waals surface area contributed by atoms with Crippen LogP contribution in [0.15, 0.2) is 11.6 Å². The van der Waals surface area contributed by atoms with E-state index in [4.69, 9.17) is 9.84 Å². The number of carboxylic acid groups (broad SMARTS) is 2. The van der Waals surface area contributed by atoms with Crippen LogP contribution >= 0.6 is 0 Å². The highest BCUT2D eigenvalue weighted by Gasteiger charge is 2.70. The highest BCUT2D eigenvalue weighted by molar-refractivity contribution is 5.95. The maximum Gasteiger partial charge on any atom is 0.309 e. The Morgan fingerprint density at radius 1 is 0.878 bits per heavy atom. The average molecular weight is 571 g/mol. The van der Waals surface area contributed by atoms with Gasteiger partial charge < -0.3 is 14.9 Å². The van der Waals surface area contributed by atoms with E-state index in [0.29, 0.717) is 19.3 Å². The van der Waals surface area contributed by atoms with Gasteiger partial charge in [0, 0.05) is 11.3 Å². The summed E-state index contributed by atoms with van der Waals surface area (Å²) in [7, 11) is 0. The van der Waals surface area contributed by atoms with Gasteiger partial charge in [-0.1, -0.05) is 47.1 Å². The maximum absolute atomic E-state index is 14.5. The molecule has 0 amide bonds. The number of hydrogen-bond donors (Lipinski definition) is 2. The molecule has 0 unspecified atom stereocenters. The van der Waals surface area contributed by atoms with E-state index in [9.17, 15) is 24.3 Å². The lowest BCUT2D eigenvalue weighted by molar-refractivity contribution is -0.211. The fourth-order valence-corrected chi connectivity index (χ4v) is 11.0. The molecule has 0 bridgehead atoms. The number of ketones is 1. The molecule has 0 aliphatic heterocycles. The van der Waals surface area contributed by atoms with Crippen LogP contribution in [0.1, 0.15) is 119 Å². The van der Waals surface area contributed by atoms with Crippen molar-refractivity contribution in [2.24, 2.45) is 50.2 Å². The summed E-state index contributed by atoms with van der Waals surface area (Å²) < 4.78 is 5.91. The topological polar surface area (TPSA) is 118 Å². The maximum atomic E-state index is 14.5. The van der Waals surface area contributed by atoms with Crippen LogP contribution in [0.3, 0.4) is 0 Å². The molecule has 41 heavy (non-hydrogen) atoms. The molecule has 4 saturated carbocycles. The van der Waals surface area contributed by atoms with Gasteiger partial charge in [-0.25, -0.2) is 0 Å². The van der Waals surface area contributed by atoms with E-state index < -0.39 is 23.3 Å². The number of carbonyl (C=O) groups is 4. The molecule has 7 nitrogen and oxygen atoms in total. The summed E-state index contributed by atoms with van der Waals surface area (Å²) in [5.41, 5.74) is -0.553. The number of carboxylic acids is 2. The van der Waals surface area contributed by atoms with E-state index in [1.165, 1.54) is 5.57 Å². The largest absolute Gasteiger partial charge is 0.481 e. The van der Waals surface area contributed by atoms with Gasteiger partial charge in [0.15, 0.2) is 5.78 Å². The number of carbonyl (C=O) groups excluding carboxylic acids is 2. The third kappa shape index (κ3) is 4.25. The molecule has 0 aromatic heterocycles. The molecule has 0 heterocycles. The number of esters is 1. The summed E-state index contributed by atoms with van der Waals surface area (Å²) in [5.74, 6) is -1.87. The molecule has 228 valence electrons. The minimum Gasteiger partial charge on any atom is -0.481 e. The smallest absolute Gasteiger partial charge is 0.309 e. The quantitative estimate of drug-likeness (QED) is 0.348. The first-order valence-electron chi connectivity index (χ1n) is 15.7. The zero-order valence-electron chi connectivity index (χ0n) is 26.1. The number of ether oxygens (including phenoxy) is 1. The Bertz CT molecular complexity index is 1200. The molecule has 0 spiro atoms. The van der Waals surface area contributed by atoms with Crippen LogP contribution in [0.2, 0.25) is 0 Å². The van der Waals surface area contributed by atoms with Crippen molar-refractivity contribution < 1.29 is 34.1 Å². The van der Waals surface area contributed by atoms with Crippen molar-refractivity contribution >= 4 is 23.7 Å². The molecule has 7 heteroatoms. The van der Waals surface area contributed by atoms with Crippen molar-refractivity contribution in [3.05, 3.63) is 11.6 Å². The monoisotopic (exact) mass is 570 g/mol. The predicted octanol–water partition coefficient (Wildman–Crippen LogP) is 6.83. The molecule has 5 aliphatic rings. The van der Waals surface area contributed by atoms with Gasteiger partial charge >= 0.3 is 17.9 Å². The molecule has 9 atom stereocenters. The van der Waals surface area contributed by atoms with Crippen molar-refractivity contribution in [1.29, 1.82) is 0 Å². The van der Waals surface area contributed by atoms with Crippen LogP contribution in [0.4, 0.5) is 0 Å². The summed E-state index contributed by atoms with van der Waals surface area (Å²) in [4.78, 5) is 50.3. The molecular formula is C34H50O7. The van der Waals surface area contributed by atoms with Crippen molar-refractivity contribution in [3.8, 4) is 0 Å². The van der Waals surface area contributed by atoms with Crippen LogP contribution in [0.25, 0.3) is 0 Å². The highest BCUT2D eigenvalue weighted by atomic mass is 16.5. The van der Waals surface area contributed by atoms with Crippen molar-refractivity contribution in [2.75, 3.05) is 0 Å². The summed E-state index contributed by atoms with van der Waals surface area (Å²) in [6.45, 7) is 15.5. The molecule has 0 saturated heterocycles. The molecule has 0 aromatic carbocycles. The Kier molecular flexibility index (Phi) is 6.95. The Hall–Kier alpha value is -2.18. The zero-order valence-corrected chi connectivity index (χ0v) is 26.1. The Morgan fingerprint density at radius 2 is 1.54 bits per heavy atom. The molecule has 2 N–H and O–H groups in total. The average Bonchev–Trinajstić information content (AvgIpc) is 2.86. The standard InChI is InChI=1S/C34H50O7/c1-29(2)23-10-13-34(7)27(32(23,5)12-11-24(29)41-26(38)9-8-25(36)37)22(35)18-20-21-19-31(4,28(39)40)15-14-30(21,3)16-17-33(20,34)6/h18,21,23-24,27H,8-17,19H2,1-7H3,(H,36,37)(H,39,40)/t21-,23+,24-,27+,30+,31-,32-,33+,34+/m0/s1. The Morgan fingerprint density at radius 3 is 2.17 bits per heavy atom. The van der Waals surface area contributed by atoms with E-state index in [0.717, 1.165) is 38.5 Å². The molecule has 5 rings (SSSR count). The molecular weight excluding hydrogens is 520 g/mol. The molecule has 0 radical (unpaired) electrons. The first kappa shape index (κ1) is 30.3. The van der Waals surface area contributed by atoms with Gasteiger partial charge in [0.25, 0.3) is 0 Å². The first-order chi connectivity index (χ1) is 18.8. The minimum atomic E-state index is -1.01. The second-order valence-electron chi connectivity index (χ2n) is 16.3. The van der Waals surface area contributed by atoms with Gasteiger partial charge in [-0.05, 0) is 104 Å². The fourth-order valence-electron chi connectivity index (χ4n) is 11.0. The van der Waals surface area contributed by atoms with Crippen LogP contribution < -0.4 is 0 Å². The Balaban J connectivity index is 1.49. The van der Waals surface area contributed by atoms with Crippen molar-refractivity contribution in [3.63, 3.8) is 0 Å². The first-order valence-corrected chi connectivity index (χ1v) is 15.7. The molecule has 0 aromatic rings. The second-order valence-corrected chi connectivity index (χ2v) is 16.3. The minimum absolute atomic E-state index is 0.0233. The summed E-state index contributed by atoms with van der Waals surface area (Å²) in [5, 5.41) is 19.1. The van der Waals surface area contributed by atoms with E-state index in [2.05, 4.69) is 41.5 Å². The van der Waals surface area contributed by atoms with Gasteiger partial charge in [0.1, 0.15) is 6.10 Å². The van der Waals surface area contributed by atoms with E-state index in [1.54, 1.807) is 0 Å². The lowest BCUT2D eigenvalue weighted by atomic mass is 9.33. The van der Waals surface area contributed by atoms with E-state index >= 15 is 0 Å². The fraction of sp³-hybridized carbons (Fsp3) is 0.824. The van der Waals surface area contributed by atoms with Gasteiger partial charge in [-0.3, -0.25) is 19.2 Å². The summed E-state index contributed by atoms with van der Waals surface area (Å²) in [6, 6.07) is 0. The van der Waals surface area contributed by atoms with Gasteiger partial charge in [-0.15, -0.1) is 0 Å². The lowest BCUT2D eigenvalue weighted by Gasteiger charge is -2.70. The number of fused-ring (bicyclic) bond motifs is 7. The van der Waals surface area contributed by atoms with Crippen molar-refractivity contribution in [2.45, 2.75) is 125 Å². The molecule has 4 fully saturated rings. The molecule has 5 aliphatic carbocycles. The third-order valence-electron chi connectivity index (χ3n) is 13.8. The number of allylic oxidation sites excluding steroid dienone is 2. The number of hydrogen-bond acceptors (Lipinski definition) is 5. The van der Waals surface area contributed by atoms with Crippen LogP contribution in [0, 0.1) is 50.2 Å². The normalized spacial score (nSPS) is 46.6. The van der Waals surface area contributed by atoms with E-state index in [-0.39, 0.29) is 69.6 Å². The number of rotatable bonds is 5. The zero-order chi connectivity index (χ0) is 30.4. The number of aliphatic carboxylic acids is 2. The SMILES string of the molecule is CC1(C)[C@@H](OC(=O)CCC(=O)O)CC[C@@]2(C)[C@@H]1CC[C@]1(C)[C@@H]2C(=O)C=C2[C@@H]3C[C@@](C)(C(=O)O)CC[C@]3(C)CC[C@]21C. The summed E-state index contributed by atoms with van der Waals surface area (Å²) >= 11 is 0. The van der Waals surface area contributed by atoms with Crippen LogP contribution in [-0.4, -0.2) is 40.0 Å². The third-order valence-corrected chi connectivity index (χ3v) is 13.8. The highest BCUT2D eigenvalue weighted by Crippen LogP contribution is 2.75. The van der Waals surface area contributed by atoms with Gasteiger partial charge in [0.2, 0.25) is 0 Å². The Labute approximate surface area is 244 Å². The lowest BCUT2D eigenvalue weighted by Crippen LogP contribution is -2.66.